The maximum Gasteiger partial charge on any atom is 0.236 e. The molecule has 23 heavy (non-hydrogen) atoms. The lowest BCUT2D eigenvalue weighted by Gasteiger charge is -2.14. The zero-order valence-electron chi connectivity index (χ0n) is 12.2. The van der Waals surface area contributed by atoms with Crippen molar-refractivity contribution in [3.63, 3.8) is 0 Å². The molecule has 2 aromatic rings. The number of sulfone groups is 1. The van der Waals surface area contributed by atoms with Gasteiger partial charge in [-0.05, 0) is 52.7 Å². The van der Waals surface area contributed by atoms with E-state index in [9.17, 15) is 13.2 Å². The lowest BCUT2D eigenvalue weighted by Crippen LogP contribution is -2.32. The van der Waals surface area contributed by atoms with Gasteiger partial charge in [-0.1, -0.05) is 28.1 Å². The van der Waals surface area contributed by atoms with E-state index in [4.69, 9.17) is 0 Å². The number of carbonyl (C=O) groups is 1. The molecular weight excluding hydrogens is 448 g/mol. The number of nitrogens with one attached hydrogen (secondary N) is 1. The van der Waals surface area contributed by atoms with Crippen LogP contribution in [0.1, 0.15) is 18.5 Å². The van der Waals surface area contributed by atoms with Crippen LogP contribution in [0.5, 0.6) is 0 Å². The van der Waals surface area contributed by atoms with Crippen molar-refractivity contribution in [2.75, 3.05) is 5.75 Å². The molecule has 0 spiro atoms. The number of aromatic nitrogens is 1. The molecule has 0 radical (unpaired) electrons. The minimum Gasteiger partial charge on any atom is -0.349 e. The molecule has 0 aliphatic rings. The highest BCUT2D eigenvalue weighted by molar-refractivity contribution is 9.10. The van der Waals surface area contributed by atoms with E-state index in [1.54, 1.807) is 13.0 Å². The molecule has 1 unspecified atom stereocenters. The third kappa shape index (κ3) is 5.12. The van der Waals surface area contributed by atoms with Crippen molar-refractivity contribution >= 4 is 47.6 Å². The SMILES string of the molecule is CC(NC(=O)CS(=O)(=O)c1ccc(Br)cn1)c1ccc(Br)cc1. The summed E-state index contributed by atoms with van der Waals surface area (Å²) in [4.78, 5) is 15.8. The molecule has 122 valence electrons. The second kappa shape index (κ2) is 7.55. The first-order chi connectivity index (χ1) is 10.8. The maximum absolute atomic E-state index is 12.2. The number of nitrogens with zero attached hydrogens (tertiary/aromatic N) is 1. The van der Waals surface area contributed by atoms with Crippen LogP contribution in [0.2, 0.25) is 0 Å². The molecule has 1 N–H and O–H groups in total. The Morgan fingerprint density at radius 2 is 1.74 bits per heavy atom. The maximum atomic E-state index is 12.2. The molecule has 0 fully saturated rings. The van der Waals surface area contributed by atoms with E-state index in [-0.39, 0.29) is 11.1 Å². The molecule has 1 heterocycles. The fourth-order valence-electron chi connectivity index (χ4n) is 1.91. The number of amides is 1. The number of halogens is 2. The molecule has 0 bridgehead atoms. The summed E-state index contributed by atoms with van der Waals surface area (Å²) in [6, 6.07) is 10.1. The fraction of sp³-hybridized carbons (Fsp3) is 0.200. The van der Waals surface area contributed by atoms with Gasteiger partial charge in [0, 0.05) is 15.1 Å². The topological polar surface area (TPSA) is 76.1 Å². The van der Waals surface area contributed by atoms with Gasteiger partial charge < -0.3 is 5.32 Å². The zero-order chi connectivity index (χ0) is 17.0. The van der Waals surface area contributed by atoms with Crippen molar-refractivity contribution in [3.8, 4) is 0 Å². The van der Waals surface area contributed by atoms with Crippen molar-refractivity contribution in [1.82, 2.24) is 10.3 Å². The van der Waals surface area contributed by atoms with Crippen LogP contribution in [0.15, 0.2) is 56.6 Å². The molecule has 8 heteroatoms. The van der Waals surface area contributed by atoms with E-state index < -0.39 is 21.5 Å². The van der Waals surface area contributed by atoms with Gasteiger partial charge in [0.25, 0.3) is 0 Å². The van der Waals surface area contributed by atoms with Gasteiger partial charge in [-0.2, -0.15) is 0 Å². The average molecular weight is 462 g/mol. The molecule has 0 aliphatic carbocycles. The minimum absolute atomic E-state index is 0.118. The molecule has 0 saturated heterocycles. The average Bonchev–Trinajstić information content (AvgIpc) is 2.47. The summed E-state index contributed by atoms with van der Waals surface area (Å²) < 4.78 is 25.9. The summed E-state index contributed by atoms with van der Waals surface area (Å²) in [7, 11) is -3.76. The van der Waals surface area contributed by atoms with Crippen LogP contribution in [0.25, 0.3) is 0 Å². The van der Waals surface area contributed by atoms with Crippen LogP contribution in [0.3, 0.4) is 0 Å². The third-order valence-corrected chi connectivity index (χ3v) is 5.61. The Kier molecular flexibility index (Phi) is 5.94. The molecule has 1 atom stereocenters. The first-order valence-corrected chi connectivity index (χ1v) is 9.91. The Balaban J connectivity index is 2.03. The Hall–Kier alpha value is -1.25. The highest BCUT2D eigenvalue weighted by Crippen LogP contribution is 2.17. The van der Waals surface area contributed by atoms with Crippen molar-refractivity contribution in [1.29, 1.82) is 0 Å². The number of carbonyl (C=O) groups excluding carboxylic acids is 1. The van der Waals surface area contributed by atoms with Gasteiger partial charge >= 0.3 is 0 Å². The molecule has 0 saturated carbocycles. The molecule has 1 aromatic carbocycles. The molecule has 5 nitrogen and oxygen atoms in total. The molecule has 1 aromatic heterocycles. The van der Waals surface area contributed by atoms with E-state index in [1.165, 1.54) is 12.3 Å². The van der Waals surface area contributed by atoms with E-state index in [0.717, 1.165) is 10.0 Å². The number of hydrogen-bond donors (Lipinski definition) is 1. The summed E-state index contributed by atoms with van der Waals surface area (Å²) in [5.41, 5.74) is 0.890. The van der Waals surface area contributed by atoms with Gasteiger partial charge in [0.05, 0.1) is 6.04 Å². The second-order valence-corrected chi connectivity index (χ2v) is 8.68. The third-order valence-electron chi connectivity index (χ3n) is 3.09. The van der Waals surface area contributed by atoms with Gasteiger partial charge in [-0.3, -0.25) is 4.79 Å². The van der Waals surface area contributed by atoms with Crippen LogP contribution >= 0.6 is 31.9 Å². The smallest absolute Gasteiger partial charge is 0.236 e. The predicted molar refractivity (Wildman–Crippen MR) is 94.7 cm³/mol. The van der Waals surface area contributed by atoms with Crippen LogP contribution in [0.4, 0.5) is 0 Å². The first kappa shape index (κ1) is 18.1. The van der Waals surface area contributed by atoms with E-state index >= 15 is 0 Å². The largest absolute Gasteiger partial charge is 0.349 e. The lowest BCUT2D eigenvalue weighted by atomic mass is 10.1. The van der Waals surface area contributed by atoms with Crippen LogP contribution < -0.4 is 5.32 Å². The molecule has 0 aliphatic heterocycles. The van der Waals surface area contributed by atoms with E-state index in [1.807, 2.05) is 24.3 Å². The minimum atomic E-state index is -3.76. The second-order valence-electron chi connectivity index (χ2n) is 4.91. The highest BCUT2D eigenvalue weighted by Gasteiger charge is 2.22. The number of hydrogen-bond acceptors (Lipinski definition) is 4. The van der Waals surface area contributed by atoms with Crippen LogP contribution in [-0.4, -0.2) is 25.1 Å². The lowest BCUT2D eigenvalue weighted by molar-refractivity contribution is -0.119. The Morgan fingerprint density at radius 1 is 1.13 bits per heavy atom. The highest BCUT2D eigenvalue weighted by atomic mass is 79.9. The van der Waals surface area contributed by atoms with Crippen LogP contribution in [0, 0.1) is 0 Å². The van der Waals surface area contributed by atoms with Gasteiger partial charge in [0.1, 0.15) is 5.75 Å². The Morgan fingerprint density at radius 3 is 2.30 bits per heavy atom. The van der Waals surface area contributed by atoms with Crippen molar-refractivity contribution in [2.24, 2.45) is 0 Å². The zero-order valence-corrected chi connectivity index (χ0v) is 16.2. The quantitative estimate of drug-likeness (QED) is 0.741. The normalized spacial score (nSPS) is 12.7. The van der Waals surface area contributed by atoms with Crippen molar-refractivity contribution in [3.05, 3.63) is 57.1 Å². The van der Waals surface area contributed by atoms with Gasteiger partial charge in [0.15, 0.2) is 5.03 Å². The summed E-state index contributed by atoms with van der Waals surface area (Å²) in [5, 5.41) is 2.56. The number of rotatable bonds is 5. The molecular formula is C15H14Br2N2O3S. The number of pyridine rings is 1. The van der Waals surface area contributed by atoms with Crippen molar-refractivity contribution < 1.29 is 13.2 Å². The summed E-state index contributed by atoms with van der Waals surface area (Å²) in [6.07, 6.45) is 1.38. The summed E-state index contributed by atoms with van der Waals surface area (Å²) >= 11 is 6.53. The van der Waals surface area contributed by atoms with Gasteiger partial charge in [-0.25, -0.2) is 13.4 Å². The standard InChI is InChI=1S/C15H14Br2N2O3S/c1-10(11-2-4-12(16)5-3-11)19-14(20)9-23(21,22)15-7-6-13(17)8-18-15/h2-8,10H,9H2,1H3,(H,19,20). The van der Waals surface area contributed by atoms with Crippen molar-refractivity contribution in [2.45, 2.75) is 18.0 Å². The predicted octanol–water partition coefficient (Wildman–Crippen LogP) is 3.26. The molecule has 1 amide bonds. The Bertz CT molecular complexity index is 790. The van der Waals surface area contributed by atoms with Gasteiger partial charge in [0.2, 0.25) is 15.7 Å². The van der Waals surface area contributed by atoms with E-state index in [2.05, 4.69) is 42.2 Å². The van der Waals surface area contributed by atoms with E-state index in [0.29, 0.717) is 4.47 Å². The molecule has 2 rings (SSSR count). The number of benzene rings is 1. The van der Waals surface area contributed by atoms with Crippen LogP contribution in [-0.2, 0) is 14.6 Å². The monoisotopic (exact) mass is 460 g/mol. The summed E-state index contributed by atoms with van der Waals surface area (Å²) in [5.74, 6) is -1.20. The fourth-order valence-corrected chi connectivity index (χ4v) is 3.47. The Labute approximate surface area is 151 Å². The van der Waals surface area contributed by atoms with Gasteiger partial charge in [-0.15, -0.1) is 0 Å². The summed E-state index contributed by atoms with van der Waals surface area (Å²) in [6.45, 7) is 1.80. The first-order valence-electron chi connectivity index (χ1n) is 6.67.